The van der Waals surface area contributed by atoms with Gasteiger partial charge in [-0.1, -0.05) is 13.8 Å². The van der Waals surface area contributed by atoms with Crippen LogP contribution in [0.4, 0.5) is 11.6 Å². The summed E-state index contributed by atoms with van der Waals surface area (Å²) in [5.74, 6) is 2.38. The number of hydrogen-bond acceptors (Lipinski definition) is 6. The predicted molar refractivity (Wildman–Crippen MR) is 76.2 cm³/mol. The lowest BCUT2D eigenvalue weighted by Crippen LogP contribution is -2.30. The average Bonchev–Trinajstić information content (AvgIpc) is 2.36. The van der Waals surface area contributed by atoms with Gasteiger partial charge in [0.2, 0.25) is 0 Å². The minimum Gasteiger partial charge on any atom is -0.394 e. The molecular weight excluding hydrogens is 244 g/mol. The molecule has 0 fully saturated rings. The Morgan fingerprint density at radius 2 is 2.00 bits per heavy atom. The first-order valence-corrected chi connectivity index (χ1v) is 6.58. The summed E-state index contributed by atoms with van der Waals surface area (Å²) in [5, 5.41) is 15.7. The first-order valence-electron chi connectivity index (χ1n) is 6.58. The summed E-state index contributed by atoms with van der Waals surface area (Å²) in [6.45, 7) is 7.33. The van der Waals surface area contributed by atoms with Crippen molar-refractivity contribution in [1.29, 1.82) is 0 Å². The molecule has 1 aromatic rings. The van der Waals surface area contributed by atoms with E-state index in [2.05, 4.69) is 34.4 Å². The fourth-order valence-corrected chi connectivity index (χ4v) is 1.65. The van der Waals surface area contributed by atoms with Crippen molar-refractivity contribution in [2.24, 2.45) is 5.92 Å². The molecule has 19 heavy (non-hydrogen) atoms. The third kappa shape index (κ3) is 5.00. The van der Waals surface area contributed by atoms with Crippen molar-refractivity contribution in [3.63, 3.8) is 0 Å². The Balaban J connectivity index is 2.91. The van der Waals surface area contributed by atoms with Gasteiger partial charge in [0.05, 0.1) is 12.6 Å². The molecule has 0 saturated heterocycles. The van der Waals surface area contributed by atoms with E-state index in [1.807, 2.05) is 13.0 Å². The van der Waals surface area contributed by atoms with Crippen LogP contribution in [0.25, 0.3) is 0 Å². The molecule has 6 nitrogen and oxygen atoms in total. The number of nitrogens with zero attached hydrogens (tertiary/aromatic N) is 2. The molecule has 0 spiro atoms. The van der Waals surface area contributed by atoms with E-state index in [4.69, 9.17) is 4.74 Å². The van der Waals surface area contributed by atoms with Gasteiger partial charge in [0.25, 0.3) is 0 Å². The van der Waals surface area contributed by atoms with Gasteiger partial charge >= 0.3 is 0 Å². The molecule has 0 aliphatic rings. The first kappa shape index (κ1) is 15.7. The smallest absolute Gasteiger partial charge is 0.158 e. The summed E-state index contributed by atoms with van der Waals surface area (Å²) in [6, 6.07) is 1.81. The number of anilines is 2. The van der Waals surface area contributed by atoms with Crippen molar-refractivity contribution in [3.8, 4) is 0 Å². The van der Waals surface area contributed by atoms with Crippen LogP contribution in [0.1, 0.15) is 26.6 Å². The largest absolute Gasteiger partial charge is 0.394 e. The molecule has 1 aromatic heterocycles. The van der Waals surface area contributed by atoms with Crippen molar-refractivity contribution >= 4 is 11.6 Å². The van der Waals surface area contributed by atoms with Crippen LogP contribution >= 0.6 is 0 Å². The topological polar surface area (TPSA) is 79.3 Å². The number of nitrogens with one attached hydrogen (secondary N) is 2. The van der Waals surface area contributed by atoms with Crippen LogP contribution < -0.4 is 10.6 Å². The zero-order valence-electron chi connectivity index (χ0n) is 12.1. The molecule has 1 atom stereocenters. The Kier molecular flexibility index (Phi) is 6.52. The van der Waals surface area contributed by atoms with Gasteiger partial charge in [-0.15, -0.1) is 0 Å². The summed E-state index contributed by atoms with van der Waals surface area (Å²) in [4.78, 5) is 8.72. The van der Waals surface area contributed by atoms with E-state index < -0.39 is 0 Å². The number of methoxy groups -OCH3 is 1. The summed E-state index contributed by atoms with van der Waals surface area (Å²) >= 11 is 0. The highest BCUT2D eigenvalue weighted by atomic mass is 16.5. The van der Waals surface area contributed by atoms with Gasteiger partial charge in [-0.2, -0.15) is 0 Å². The Hall–Kier alpha value is -1.40. The number of rotatable bonds is 8. The van der Waals surface area contributed by atoms with Crippen LogP contribution in [0, 0.1) is 5.92 Å². The maximum atomic E-state index is 9.36. The SMILES string of the molecule is CCNc1cc(NC(CO)C(C)C)nc(COC)n1. The molecular formula is C13H24N4O2. The lowest BCUT2D eigenvalue weighted by atomic mass is 10.1. The number of ether oxygens (including phenoxy) is 1. The van der Waals surface area contributed by atoms with Crippen LogP contribution in [0.2, 0.25) is 0 Å². The number of hydrogen-bond donors (Lipinski definition) is 3. The highest BCUT2D eigenvalue weighted by Gasteiger charge is 2.13. The van der Waals surface area contributed by atoms with Crippen molar-refractivity contribution < 1.29 is 9.84 Å². The molecule has 1 unspecified atom stereocenters. The van der Waals surface area contributed by atoms with Crippen LogP contribution in [0.5, 0.6) is 0 Å². The molecule has 0 aromatic carbocycles. The fraction of sp³-hybridized carbons (Fsp3) is 0.692. The Bertz CT molecular complexity index is 361. The summed E-state index contributed by atoms with van der Waals surface area (Å²) in [5.41, 5.74) is 0. The number of aliphatic hydroxyl groups excluding tert-OH is 1. The summed E-state index contributed by atoms with van der Waals surface area (Å²) in [6.07, 6.45) is 0. The van der Waals surface area contributed by atoms with Crippen LogP contribution in [-0.2, 0) is 11.3 Å². The molecule has 1 rings (SSSR count). The van der Waals surface area contributed by atoms with Gasteiger partial charge in [0, 0.05) is 19.7 Å². The van der Waals surface area contributed by atoms with E-state index in [0.717, 1.165) is 12.4 Å². The second-order valence-corrected chi connectivity index (χ2v) is 4.70. The quantitative estimate of drug-likeness (QED) is 0.663. The van der Waals surface area contributed by atoms with Crippen molar-refractivity contribution in [1.82, 2.24) is 9.97 Å². The molecule has 0 saturated carbocycles. The fourth-order valence-electron chi connectivity index (χ4n) is 1.65. The maximum absolute atomic E-state index is 9.36. The van der Waals surface area contributed by atoms with E-state index in [1.54, 1.807) is 7.11 Å². The molecule has 0 aliphatic heterocycles. The van der Waals surface area contributed by atoms with Gasteiger partial charge in [-0.25, -0.2) is 9.97 Å². The van der Waals surface area contributed by atoms with E-state index >= 15 is 0 Å². The van der Waals surface area contributed by atoms with Gasteiger partial charge in [-0.05, 0) is 12.8 Å². The summed E-state index contributed by atoms with van der Waals surface area (Å²) in [7, 11) is 1.61. The number of aromatic nitrogens is 2. The standard InChI is InChI=1S/C13H24N4O2/c1-5-14-11-6-12(15-10(7-18)9(2)3)17-13(16-11)8-19-4/h6,9-10,18H,5,7-8H2,1-4H3,(H2,14,15,16,17). The second kappa shape index (κ2) is 7.91. The van der Waals surface area contributed by atoms with Crippen molar-refractivity contribution in [3.05, 3.63) is 11.9 Å². The molecule has 0 aliphatic carbocycles. The zero-order chi connectivity index (χ0) is 14.3. The van der Waals surface area contributed by atoms with Crippen LogP contribution in [0.3, 0.4) is 0 Å². The average molecular weight is 268 g/mol. The molecule has 0 bridgehead atoms. The van der Waals surface area contributed by atoms with Crippen molar-refractivity contribution in [2.75, 3.05) is 30.9 Å². The normalized spacial score (nSPS) is 12.5. The van der Waals surface area contributed by atoms with Crippen molar-refractivity contribution in [2.45, 2.75) is 33.4 Å². The Morgan fingerprint density at radius 3 is 2.53 bits per heavy atom. The van der Waals surface area contributed by atoms with E-state index in [0.29, 0.717) is 24.2 Å². The molecule has 0 amide bonds. The molecule has 108 valence electrons. The minimum atomic E-state index is -0.0280. The highest BCUT2D eigenvalue weighted by Crippen LogP contribution is 2.15. The summed E-state index contributed by atoms with van der Waals surface area (Å²) < 4.78 is 5.06. The predicted octanol–water partition coefficient (Wildman–Crippen LogP) is 1.48. The zero-order valence-corrected chi connectivity index (χ0v) is 12.1. The third-order valence-electron chi connectivity index (χ3n) is 2.74. The first-order chi connectivity index (χ1) is 9.10. The molecule has 0 radical (unpaired) electrons. The lowest BCUT2D eigenvalue weighted by Gasteiger charge is -2.21. The monoisotopic (exact) mass is 268 g/mol. The Morgan fingerprint density at radius 1 is 1.32 bits per heavy atom. The Labute approximate surface area is 114 Å². The maximum Gasteiger partial charge on any atom is 0.158 e. The lowest BCUT2D eigenvalue weighted by molar-refractivity contribution is 0.178. The van der Waals surface area contributed by atoms with Crippen LogP contribution in [0.15, 0.2) is 6.07 Å². The molecule has 6 heteroatoms. The van der Waals surface area contributed by atoms with E-state index in [-0.39, 0.29) is 12.6 Å². The van der Waals surface area contributed by atoms with Gasteiger partial charge in [0.15, 0.2) is 5.82 Å². The highest BCUT2D eigenvalue weighted by molar-refractivity contribution is 5.48. The number of aliphatic hydroxyl groups is 1. The molecule has 3 N–H and O–H groups in total. The van der Waals surface area contributed by atoms with E-state index in [9.17, 15) is 5.11 Å². The second-order valence-electron chi connectivity index (χ2n) is 4.70. The van der Waals surface area contributed by atoms with Crippen LogP contribution in [-0.4, -0.2) is 41.4 Å². The van der Waals surface area contributed by atoms with E-state index in [1.165, 1.54) is 0 Å². The van der Waals surface area contributed by atoms with Gasteiger partial charge in [-0.3, -0.25) is 0 Å². The third-order valence-corrected chi connectivity index (χ3v) is 2.74. The molecule has 1 heterocycles. The van der Waals surface area contributed by atoms with Gasteiger partial charge < -0.3 is 20.5 Å². The minimum absolute atomic E-state index is 0.0280. The van der Waals surface area contributed by atoms with Gasteiger partial charge in [0.1, 0.15) is 18.2 Å².